The van der Waals surface area contributed by atoms with Crippen LogP contribution in [0.3, 0.4) is 0 Å². The van der Waals surface area contributed by atoms with Crippen molar-refractivity contribution < 1.29 is 39.3 Å². The first-order chi connectivity index (χ1) is 14.6. The highest BCUT2D eigenvalue weighted by molar-refractivity contribution is 7.80. The molecule has 3 unspecified atom stereocenters. The lowest BCUT2D eigenvalue weighted by Crippen LogP contribution is -2.47. The second kappa shape index (κ2) is 14.6. The summed E-state index contributed by atoms with van der Waals surface area (Å²) in [4.78, 5) is 12.5. The fourth-order valence-electron chi connectivity index (χ4n) is 3.10. The maximum Gasteiger partial charge on any atom is 0.397 e. The minimum absolute atomic E-state index is 0.0317. The lowest BCUT2D eigenvalue weighted by molar-refractivity contribution is -0.891. The summed E-state index contributed by atoms with van der Waals surface area (Å²) in [6.07, 6.45) is 4.75. The highest BCUT2D eigenvalue weighted by Crippen LogP contribution is 2.12. The minimum Gasteiger partial charge on any atom is -0.353 e. The second-order valence-electron chi connectivity index (χ2n) is 9.68. The standard InChI is InChI=1S/C20H43N3O7S2/c1-8-18(2)20(24)21-19(11-13-23(5,6)14-16-29-31(7)25)10-9-12-22(3,4)15-17-30-32(26,27)28/h18-19H,8-17H2,1-7H3/p+2. The molecular weight excluding hydrogens is 458 g/mol. The molecule has 0 aromatic carbocycles. The zero-order chi connectivity index (χ0) is 25.0. The number of nitrogens with one attached hydrogen (secondary N) is 1. The molecule has 32 heavy (non-hydrogen) atoms. The number of carbonyl (C=O) groups excluding carboxylic acids is 1. The Morgan fingerprint density at radius 3 is 2.12 bits per heavy atom. The van der Waals surface area contributed by atoms with Gasteiger partial charge in [0.15, 0.2) is 11.1 Å². The van der Waals surface area contributed by atoms with Gasteiger partial charge in [0.2, 0.25) is 5.91 Å². The Hall–Kier alpha value is -0.630. The summed E-state index contributed by atoms with van der Waals surface area (Å²) < 4.78 is 52.1. The molecule has 0 aliphatic rings. The smallest absolute Gasteiger partial charge is 0.353 e. The Kier molecular flexibility index (Phi) is 14.3. The summed E-state index contributed by atoms with van der Waals surface area (Å²) in [6, 6.07) is 0.0317. The van der Waals surface area contributed by atoms with E-state index in [0.29, 0.717) is 22.1 Å². The van der Waals surface area contributed by atoms with Gasteiger partial charge in [0, 0.05) is 24.6 Å². The summed E-state index contributed by atoms with van der Waals surface area (Å²) in [5.41, 5.74) is 0. The van der Waals surface area contributed by atoms with Crippen LogP contribution in [0.25, 0.3) is 0 Å². The highest BCUT2D eigenvalue weighted by atomic mass is 32.3. The van der Waals surface area contributed by atoms with Crippen LogP contribution in [0, 0.1) is 5.92 Å². The summed E-state index contributed by atoms with van der Waals surface area (Å²) in [6.45, 7) is 7.02. The molecule has 0 aromatic rings. The van der Waals surface area contributed by atoms with Gasteiger partial charge in [0.1, 0.15) is 26.3 Å². The topological polar surface area (TPSA) is 119 Å². The van der Waals surface area contributed by atoms with Crippen molar-refractivity contribution in [2.24, 2.45) is 5.92 Å². The first kappa shape index (κ1) is 31.4. The van der Waals surface area contributed by atoms with Crippen molar-refractivity contribution in [2.45, 2.75) is 45.6 Å². The van der Waals surface area contributed by atoms with Crippen molar-refractivity contribution in [1.29, 1.82) is 0 Å². The SMILES string of the molecule is CCC(C)C(=O)NC(CCC[N+](C)(C)CCOS(=O)(=O)O)CC[N+](C)(C)CCOS(C)=O. The second-order valence-corrected chi connectivity index (χ2v) is 11.8. The van der Waals surface area contributed by atoms with E-state index in [2.05, 4.69) is 23.6 Å². The molecule has 0 aliphatic carbocycles. The highest BCUT2D eigenvalue weighted by Gasteiger charge is 2.23. The normalized spacial score (nSPS) is 15.9. The van der Waals surface area contributed by atoms with Gasteiger partial charge in [0.05, 0.1) is 41.3 Å². The van der Waals surface area contributed by atoms with Crippen molar-refractivity contribution in [2.75, 3.05) is 73.8 Å². The number of rotatable bonds is 18. The van der Waals surface area contributed by atoms with E-state index >= 15 is 0 Å². The van der Waals surface area contributed by atoms with Crippen LogP contribution in [0.15, 0.2) is 0 Å². The summed E-state index contributed by atoms with van der Waals surface area (Å²) >= 11 is -1.27. The third kappa shape index (κ3) is 16.9. The van der Waals surface area contributed by atoms with E-state index in [1.165, 1.54) is 6.26 Å². The van der Waals surface area contributed by atoms with Crippen LogP contribution in [-0.4, -0.2) is 112 Å². The molecule has 0 fully saturated rings. The molecule has 0 bridgehead atoms. The van der Waals surface area contributed by atoms with E-state index in [9.17, 15) is 17.4 Å². The maximum atomic E-state index is 12.5. The number of hydrogen-bond donors (Lipinski definition) is 2. The van der Waals surface area contributed by atoms with Gasteiger partial charge >= 0.3 is 10.4 Å². The quantitative estimate of drug-likeness (QED) is 0.211. The van der Waals surface area contributed by atoms with Gasteiger partial charge in [-0.15, -0.1) is 0 Å². The van der Waals surface area contributed by atoms with E-state index in [4.69, 9.17) is 8.74 Å². The van der Waals surface area contributed by atoms with E-state index in [-0.39, 0.29) is 24.5 Å². The van der Waals surface area contributed by atoms with E-state index in [0.717, 1.165) is 45.3 Å². The van der Waals surface area contributed by atoms with Gasteiger partial charge in [0.25, 0.3) is 0 Å². The van der Waals surface area contributed by atoms with Crippen LogP contribution < -0.4 is 5.32 Å². The summed E-state index contributed by atoms with van der Waals surface area (Å²) in [5.74, 6) is 0.0144. The first-order valence-corrected chi connectivity index (χ1v) is 13.9. The Morgan fingerprint density at radius 2 is 1.59 bits per heavy atom. The number of amides is 1. The minimum atomic E-state index is -4.42. The fourth-order valence-corrected chi connectivity index (χ4v) is 3.70. The third-order valence-corrected chi connectivity index (χ3v) is 6.64. The Bertz CT molecular complexity index is 685. The predicted molar refractivity (Wildman–Crippen MR) is 126 cm³/mol. The molecule has 1 amide bonds. The van der Waals surface area contributed by atoms with Crippen LogP contribution >= 0.6 is 0 Å². The largest absolute Gasteiger partial charge is 0.397 e. The van der Waals surface area contributed by atoms with Gasteiger partial charge in [-0.1, -0.05) is 13.8 Å². The molecular formula is C20H45N3O7S2+2. The molecule has 0 rings (SSSR count). The van der Waals surface area contributed by atoms with Gasteiger partial charge in [-0.25, -0.2) is 8.39 Å². The average Bonchev–Trinajstić information content (AvgIpc) is 2.63. The number of quaternary nitrogens is 2. The fraction of sp³-hybridized carbons (Fsp3) is 0.950. The van der Waals surface area contributed by atoms with Crippen molar-refractivity contribution >= 4 is 27.4 Å². The lowest BCUT2D eigenvalue weighted by Gasteiger charge is -2.33. The van der Waals surface area contributed by atoms with Gasteiger partial charge < -0.3 is 14.3 Å². The molecule has 0 saturated heterocycles. The number of carbonyl (C=O) groups is 1. The predicted octanol–water partition coefficient (Wildman–Crippen LogP) is 0.970. The molecule has 192 valence electrons. The molecule has 10 nitrogen and oxygen atoms in total. The zero-order valence-electron chi connectivity index (χ0n) is 20.8. The summed E-state index contributed by atoms with van der Waals surface area (Å²) in [7, 11) is 3.69. The van der Waals surface area contributed by atoms with Crippen molar-refractivity contribution in [3.63, 3.8) is 0 Å². The monoisotopic (exact) mass is 503 g/mol. The number of nitrogens with zero attached hydrogens (tertiary/aromatic N) is 2. The van der Waals surface area contributed by atoms with Crippen LogP contribution in [0.5, 0.6) is 0 Å². The van der Waals surface area contributed by atoms with Crippen molar-refractivity contribution in [3.05, 3.63) is 0 Å². The van der Waals surface area contributed by atoms with Crippen LogP contribution in [0.1, 0.15) is 39.5 Å². The number of hydrogen-bond acceptors (Lipinski definition) is 6. The van der Waals surface area contributed by atoms with Crippen LogP contribution in [0.4, 0.5) is 0 Å². The molecule has 0 saturated carbocycles. The van der Waals surface area contributed by atoms with Crippen molar-refractivity contribution in [1.82, 2.24) is 5.32 Å². The van der Waals surface area contributed by atoms with Crippen molar-refractivity contribution in [3.8, 4) is 0 Å². The third-order valence-electron chi connectivity index (χ3n) is 5.68. The van der Waals surface area contributed by atoms with Crippen LogP contribution in [0.2, 0.25) is 0 Å². The van der Waals surface area contributed by atoms with Gasteiger partial charge in [-0.05, 0) is 19.3 Å². The molecule has 0 aromatic heterocycles. The molecule has 3 atom stereocenters. The van der Waals surface area contributed by atoms with Gasteiger partial charge in [-0.2, -0.15) is 8.42 Å². The summed E-state index contributed by atoms with van der Waals surface area (Å²) in [5, 5.41) is 3.19. The van der Waals surface area contributed by atoms with Crippen LogP contribution in [-0.2, 0) is 34.6 Å². The molecule has 0 aliphatic heterocycles. The average molecular weight is 504 g/mol. The van der Waals surface area contributed by atoms with E-state index in [1.54, 1.807) is 0 Å². The Morgan fingerprint density at radius 1 is 1.03 bits per heavy atom. The number of likely N-dealkylation sites (N-methyl/N-ethyl adjacent to an activating group) is 2. The molecule has 0 heterocycles. The maximum absolute atomic E-state index is 12.5. The Labute approximate surface area is 197 Å². The Balaban J connectivity index is 4.78. The van der Waals surface area contributed by atoms with E-state index in [1.807, 2.05) is 27.9 Å². The molecule has 2 N–H and O–H groups in total. The lowest BCUT2D eigenvalue weighted by atomic mass is 10.0. The molecule has 0 spiro atoms. The first-order valence-electron chi connectivity index (χ1n) is 11.1. The molecule has 0 radical (unpaired) electrons. The zero-order valence-corrected chi connectivity index (χ0v) is 22.5. The molecule has 12 heteroatoms. The van der Waals surface area contributed by atoms with E-state index < -0.39 is 21.5 Å². The van der Waals surface area contributed by atoms with Gasteiger partial charge in [-0.3, -0.25) is 13.5 Å².